The second-order valence-electron chi connectivity index (χ2n) is 4.82. The van der Waals surface area contributed by atoms with Crippen LogP contribution in [0.4, 0.5) is 5.13 Å². The smallest absolute Gasteiger partial charge is 0.185 e. The lowest BCUT2D eigenvalue weighted by Gasteiger charge is -2.35. The van der Waals surface area contributed by atoms with E-state index in [9.17, 15) is 0 Å². The summed E-state index contributed by atoms with van der Waals surface area (Å²) in [6.07, 6.45) is 5.18. The zero-order chi connectivity index (χ0) is 12.1. The summed E-state index contributed by atoms with van der Waals surface area (Å²) in [6, 6.07) is 0.640. The second-order valence-corrected chi connectivity index (χ2v) is 5.66. The third kappa shape index (κ3) is 3.42. The van der Waals surface area contributed by atoms with Gasteiger partial charge in [0.05, 0.1) is 5.69 Å². The zero-order valence-electron chi connectivity index (χ0n) is 10.9. The normalized spacial score (nSPS) is 20.8. The number of anilines is 1. The summed E-state index contributed by atoms with van der Waals surface area (Å²) in [6.45, 7) is 7.70. The SMILES string of the molecule is CCCNCC1CCCCN1c1nc(C)cs1. The third-order valence-corrected chi connectivity index (χ3v) is 4.28. The largest absolute Gasteiger partial charge is 0.344 e. The summed E-state index contributed by atoms with van der Waals surface area (Å²) in [5.74, 6) is 0. The van der Waals surface area contributed by atoms with Crippen molar-refractivity contribution in [3.05, 3.63) is 11.1 Å². The molecule has 0 spiro atoms. The van der Waals surface area contributed by atoms with E-state index in [4.69, 9.17) is 0 Å². The summed E-state index contributed by atoms with van der Waals surface area (Å²) in [7, 11) is 0. The highest BCUT2D eigenvalue weighted by Crippen LogP contribution is 2.27. The van der Waals surface area contributed by atoms with Gasteiger partial charge < -0.3 is 10.2 Å². The van der Waals surface area contributed by atoms with E-state index >= 15 is 0 Å². The van der Waals surface area contributed by atoms with E-state index in [2.05, 4.69) is 34.4 Å². The molecule has 0 bridgehead atoms. The fourth-order valence-corrected chi connectivity index (χ4v) is 3.28. The highest BCUT2D eigenvalue weighted by Gasteiger charge is 2.23. The Bertz CT molecular complexity index is 337. The summed E-state index contributed by atoms with van der Waals surface area (Å²) in [4.78, 5) is 7.13. The Hall–Kier alpha value is -0.610. The van der Waals surface area contributed by atoms with E-state index in [-0.39, 0.29) is 0 Å². The highest BCUT2D eigenvalue weighted by atomic mass is 32.1. The number of nitrogens with one attached hydrogen (secondary N) is 1. The Labute approximate surface area is 108 Å². The van der Waals surface area contributed by atoms with Crippen molar-refractivity contribution < 1.29 is 0 Å². The molecule has 3 nitrogen and oxygen atoms in total. The van der Waals surface area contributed by atoms with Gasteiger partial charge in [0.2, 0.25) is 0 Å². The molecule has 1 N–H and O–H groups in total. The summed E-state index contributed by atoms with van der Waals surface area (Å²) in [5, 5.41) is 6.91. The fraction of sp³-hybridized carbons (Fsp3) is 0.769. The van der Waals surface area contributed by atoms with Crippen LogP contribution in [-0.2, 0) is 0 Å². The van der Waals surface area contributed by atoms with Gasteiger partial charge >= 0.3 is 0 Å². The molecule has 1 unspecified atom stereocenters. The van der Waals surface area contributed by atoms with E-state index in [1.54, 1.807) is 11.3 Å². The number of aromatic nitrogens is 1. The van der Waals surface area contributed by atoms with Crippen molar-refractivity contribution in [2.45, 2.75) is 45.6 Å². The topological polar surface area (TPSA) is 28.2 Å². The molecule has 0 aliphatic carbocycles. The first-order valence-corrected chi connectivity index (χ1v) is 7.58. The minimum atomic E-state index is 0.640. The van der Waals surface area contributed by atoms with Crippen LogP contribution in [0.15, 0.2) is 5.38 Å². The van der Waals surface area contributed by atoms with Gasteiger partial charge in [-0.2, -0.15) is 0 Å². The summed E-state index contributed by atoms with van der Waals surface area (Å²) < 4.78 is 0. The van der Waals surface area contributed by atoms with Crippen LogP contribution in [0.1, 0.15) is 38.3 Å². The summed E-state index contributed by atoms with van der Waals surface area (Å²) in [5.41, 5.74) is 1.15. The molecule has 1 aliphatic rings. The van der Waals surface area contributed by atoms with Gasteiger partial charge in [-0.25, -0.2) is 4.98 Å². The van der Waals surface area contributed by atoms with E-state index in [0.717, 1.165) is 18.8 Å². The van der Waals surface area contributed by atoms with E-state index in [1.165, 1.54) is 37.4 Å². The van der Waals surface area contributed by atoms with Crippen molar-refractivity contribution in [1.29, 1.82) is 0 Å². The quantitative estimate of drug-likeness (QED) is 0.818. The average molecular weight is 253 g/mol. The molecule has 1 atom stereocenters. The van der Waals surface area contributed by atoms with Crippen LogP contribution in [0.3, 0.4) is 0 Å². The van der Waals surface area contributed by atoms with E-state index < -0.39 is 0 Å². The number of hydrogen-bond donors (Lipinski definition) is 1. The number of rotatable bonds is 5. The predicted octanol–water partition coefficient (Wildman–Crippen LogP) is 2.81. The lowest BCUT2D eigenvalue weighted by molar-refractivity contribution is 0.435. The average Bonchev–Trinajstić information content (AvgIpc) is 2.77. The minimum Gasteiger partial charge on any atom is -0.344 e. The Morgan fingerprint density at radius 1 is 1.53 bits per heavy atom. The molecule has 17 heavy (non-hydrogen) atoms. The van der Waals surface area contributed by atoms with E-state index in [1.807, 2.05) is 0 Å². The molecule has 0 radical (unpaired) electrons. The second kappa shape index (κ2) is 6.36. The first kappa shape index (κ1) is 12.8. The van der Waals surface area contributed by atoms with Crippen molar-refractivity contribution >= 4 is 16.5 Å². The predicted molar refractivity (Wildman–Crippen MR) is 75.0 cm³/mol. The van der Waals surface area contributed by atoms with Crippen LogP contribution >= 0.6 is 11.3 Å². The first-order valence-electron chi connectivity index (χ1n) is 6.70. The maximum absolute atomic E-state index is 4.63. The Morgan fingerprint density at radius 3 is 3.12 bits per heavy atom. The number of aryl methyl sites for hydroxylation is 1. The molecule has 0 amide bonds. The van der Waals surface area contributed by atoms with Crippen molar-refractivity contribution in [3.8, 4) is 0 Å². The molecule has 1 aromatic rings. The lowest BCUT2D eigenvalue weighted by atomic mass is 10.0. The van der Waals surface area contributed by atoms with Gasteiger partial charge in [-0.1, -0.05) is 6.92 Å². The first-order chi connectivity index (χ1) is 8.31. The number of piperidine rings is 1. The molecule has 1 aromatic heterocycles. The van der Waals surface area contributed by atoms with Crippen LogP contribution in [0.5, 0.6) is 0 Å². The maximum atomic E-state index is 4.63. The zero-order valence-corrected chi connectivity index (χ0v) is 11.7. The number of nitrogens with zero attached hydrogens (tertiary/aromatic N) is 2. The van der Waals surface area contributed by atoms with Crippen LogP contribution in [0.2, 0.25) is 0 Å². The van der Waals surface area contributed by atoms with Crippen molar-refractivity contribution in [2.75, 3.05) is 24.5 Å². The van der Waals surface area contributed by atoms with Crippen molar-refractivity contribution in [2.24, 2.45) is 0 Å². The number of thiazole rings is 1. The lowest BCUT2D eigenvalue weighted by Crippen LogP contribution is -2.45. The van der Waals surface area contributed by atoms with E-state index in [0.29, 0.717) is 6.04 Å². The summed E-state index contributed by atoms with van der Waals surface area (Å²) >= 11 is 1.79. The van der Waals surface area contributed by atoms with Gasteiger partial charge in [-0.3, -0.25) is 0 Å². The van der Waals surface area contributed by atoms with Crippen molar-refractivity contribution in [3.63, 3.8) is 0 Å². The molecular weight excluding hydrogens is 230 g/mol. The molecule has 1 aliphatic heterocycles. The monoisotopic (exact) mass is 253 g/mol. The fourth-order valence-electron chi connectivity index (χ4n) is 2.38. The van der Waals surface area contributed by atoms with Crippen LogP contribution < -0.4 is 10.2 Å². The van der Waals surface area contributed by atoms with Crippen LogP contribution in [0, 0.1) is 6.92 Å². The van der Waals surface area contributed by atoms with Gasteiger partial charge in [-0.15, -0.1) is 11.3 Å². The Kier molecular flexibility index (Phi) is 4.80. The molecular formula is C13H23N3S. The molecule has 4 heteroatoms. The third-order valence-electron chi connectivity index (χ3n) is 3.29. The molecule has 1 saturated heterocycles. The van der Waals surface area contributed by atoms with Gasteiger partial charge in [0.25, 0.3) is 0 Å². The molecule has 0 saturated carbocycles. The van der Waals surface area contributed by atoms with Crippen molar-refractivity contribution in [1.82, 2.24) is 10.3 Å². The van der Waals surface area contributed by atoms with Gasteiger partial charge in [0, 0.05) is 24.5 Å². The van der Waals surface area contributed by atoms with Crippen LogP contribution in [-0.4, -0.2) is 30.7 Å². The standard InChI is InChI=1S/C13H23N3S/c1-3-7-14-9-12-6-4-5-8-16(12)13-15-11(2)10-17-13/h10,12,14H,3-9H2,1-2H3. The van der Waals surface area contributed by atoms with Crippen LogP contribution in [0.25, 0.3) is 0 Å². The van der Waals surface area contributed by atoms with Gasteiger partial charge in [0.1, 0.15) is 0 Å². The molecule has 0 aromatic carbocycles. The molecule has 2 rings (SSSR count). The maximum Gasteiger partial charge on any atom is 0.185 e. The molecule has 2 heterocycles. The molecule has 1 fully saturated rings. The van der Waals surface area contributed by atoms with Gasteiger partial charge in [-0.05, 0) is 39.2 Å². The minimum absolute atomic E-state index is 0.640. The number of hydrogen-bond acceptors (Lipinski definition) is 4. The van der Waals surface area contributed by atoms with Gasteiger partial charge in [0.15, 0.2) is 5.13 Å². The Balaban J connectivity index is 1.96. The Morgan fingerprint density at radius 2 is 2.41 bits per heavy atom. The highest BCUT2D eigenvalue weighted by molar-refractivity contribution is 7.13. The molecule has 96 valence electrons.